The van der Waals surface area contributed by atoms with Crippen molar-refractivity contribution in [2.45, 2.75) is 45.4 Å². The maximum atomic E-state index is 12.3. The molecule has 2 nitrogen and oxygen atoms in total. The second-order valence-corrected chi connectivity index (χ2v) is 6.80. The number of fused-ring (bicyclic) bond motifs is 1. The van der Waals surface area contributed by atoms with Crippen LogP contribution in [0, 0.1) is 0 Å². The molecule has 1 aliphatic carbocycles. The Bertz CT molecular complexity index is 604. The number of amides is 1. The quantitative estimate of drug-likeness (QED) is 0.860. The first-order valence-electron chi connectivity index (χ1n) is 7.78. The van der Waals surface area contributed by atoms with E-state index in [2.05, 4.69) is 30.4 Å². The maximum absolute atomic E-state index is 12.3. The van der Waals surface area contributed by atoms with Gasteiger partial charge < -0.3 is 5.32 Å². The Hall–Kier alpha value is -1.61. The van der Waals surface area contributed by atoms with Gasteiger partial charge in [-0.15, -0.1) is 11.3 Å². The van der Waals surface area contributed by atoms with Crippen molar-refractivity contribution in [1.82, 2.24) is 0 Å². The lowest BCUT2D eigenvalue weighted by Crippen LogP contribution is -2.10. The van der Waals surface area contributed by atoms with Crippen molar-refractivity contribution in [3.63, 3.8) is 0 Å². The first-order chi connectivity index (χ1) is 10.3. The van der Waals surface area contributed by atoms with Gasteiger partial charge in [0, 0.05) is 10.6 Å². The molecule has 1 aromatic heterocycles. The van der Waals surface area contributed by atoms with E-state index in [1.165, 1.54) is 28.8 Å². The van der Waals surface area contributed by atoms with Crippen LogP contribution in [-0.4, -0.2) is 5.91 Å². The Morgan fingerprint density at radius 3 is 2.67 bits per heavy atom. The summed E-state index contributed by atoms with van der Waals surface area (Å²) in [7, 11) is 0. The van der Waals surface area contributed by atoms with Crippen LogP contribution in [-0.2, 0) is 19.3 Å². The molecule has 0 radical (unpaired) electrons. The number of hydrogen-bond acceptors (Lipinski definition) is 2. The molecule has 0 fully saturated rings. The summed E-state index contributed by atoms with van der Waals surface area (Å²) in [6.07, 6.45) is 7.01. The van der Waals surface area contributed by atoms with Crippen LogP contribution in [0.25, 0.3) is 0 Å². The highest BCUT2D eigenvalue weighted by Crippen LogP contribution is 2.30. The van der Waals surface area contributed by atoms with Gasteiger partial charge in [0.15, 0.2) is 0 Å². The van der Waals surface area contributed by atoms with Crippen molar-refractivity contribution < 1.29 is 4.79 Å². The molecule has 1 heterocycles. The Morgan fingerprint density at radius 2 is 1.95 bits per heavy atom. The molecule has 1 aromatic carbocycles. The van der Waals surface area contributed by atoms with Gasteiger partial charge in [0.25, 0.3) is 5.91 Å². The van der Waals surface area contributed by atoms with Crippen molar-refractivity contribution >= 4 is 22.9 Å². The van der Waals surface area contributed by atoms with Gasteiger partial charge in [0.2, 0.25) is 0 Å². The van der Waals surface area contributed by atoms with Crippen molar-refractivity contribution in [1.29, 1.82) is 0 Å². The van der Waals surface area contributed by atoms with E-state index in [9.17, 15) is 4.79 Å². The molecule has 0 saturated heterocycles. The maximum Gasteiger partial charge on any atom is 0.265 e. The summed E-state index contributed by atoms with van der Waals surface area (Å²) >= 11 is 1.66. The second kappa shape index (κ2) is 6.44. The van der Waals surface area contributed by atoms with Gasteiger partial charge in [-0.1, -0.05) is 25.5 Å². The van der Waals surface area contributed by atoms with Crippen LogP contribution in [0.2, 0.25) is 0 Å². The van der Waals surface area contributed by atoms with Gasteiger partial charge in [0.05, 0.1) is 4.88 Å². The fourth-order valence-corrected chi connectivity index (χ4v) is 3.99. The summed E-state index contributed by atoms with van der Waals surface area (Å²) in [6.45, 7) is 2.17. The largest absolute Gasteiger partial charge is 0.321 e. The second-order valence-electron chi connectivity index (χ2n) is 5.67. The predicted octanol–water partition coefficient (Wildman–Crippen LogP) is 4.83. The summed E-state index contributed by atoms with van der Waals surface area (Å²) in [5, 5.41) is 3.01. The number of anilines is 1. The zero-order valence-electron chi connectivity index (χ0n) is 12.4. The number of nitrogens with one attached hydrogen (secondary N) is 1. The number of rotatable bonds is 4. The molecule has 0 spiro atoms. The van der Waals surface area contributed by atoms with Gasteiger partial charge in [-0.05, 0) is 61.4 Å². The first kappa shape index (κ1) is 14.3. The van der Waals surface area contributed by atoms with E-state index in [-0.39, 0.29) is 5.91 Å². The van der Waals surface area contributed by atoms with E-state index in [1.54, 1.807) is 11.3 Å². The Labute approximate surface area is 130 Å². The molecule has 0 saturated carbocycles. The van der Waals surface area contributed by atoms with Gasteiger partial charge in [-0.2, -0.15) is 0 Å². The van der Waals surface area contributed by atoms with E-state index in [1.807, 2.05) is 12.1 Å². The van der Waals surface area contributed by atoms with Crippen LogP contribution in [0.3, 0.4) is 0 Å². The smallest absolute Gasteiger partial charge is 0.265 e. The van der Waals surface area contributed by atoms with Crippen LogP contribution in [0.4, 0.5) is 5.69 Å². The van der Waals surface area contributed by atoms with Gasteiger partial charge in [-0.3, -0.25) is 4.79 Å². The molecule has 1 amide bonds. The van der Waals surface area contributed by atoms with Crippen molar-refractivity contribution in [3.05, 3.63) is 51.2 Å². The lowest BCUT2D eigenvalue weighted by atomic mass is 9.99. The molecule has 110 valence electrons. The molecular formula is C18H21NOS. The fourth-order valence-electron chi connectivity index (χ4n) is 2.84. The summed E-state index contributed by atoms with van der Waals surface area (Å²) in [6, 6.07) is 10.3. The normalized spacial score (nSPS) is 13.8. The number of carbonyl (C=O) groups is 1. The fraction of sp³-hybridized carbons (Fsp3) is 0.389. The molecule has 21 heavy (non-hydrogen) atoms. The Morgan fingerprint density at radius 1 is 1.19 bits per heavy atom. The van der Waals surface area contributed by atoms with E-state index in [0.717, 1.165) is 36.2 Å². The summed E-state index contributed by atoms with van der Waals surface area (Å²) < 4.78 is 0. The number of thiophene rings is 1. The zero-order chi connectivity index (χ0) is 14.7. The lowest BCUT2D eigenvalue weighted by Gasteiger charge is -2.08. The van der Waals surface area contributed by atoms with Crippen LogP contribution in [0.1, 0.15) is 51.9 Å². The molecule has 3 heteroatoms. The molecule has 3 rings (SSSR count). The topological polar surface area (TPSA) is 29.1 Å². The molecule has 2 aromatic rings. The van der Waals surface area contributed by atoms with Crippen molar-refractivity contribution in [2.75, 3.05) is 5.32 Å². The molecule has 0 aliphatic heterocycles. The first-order valence-corrected chi connectivity index (χ1v) is 8.60. The molecule has 0 atom stereocenters. The van der Waals surface area contributed by atoms with Gasteiger partial charge in [-0.25, -0.2) is 0 Å². The van der Waals surface area contributed by atoms with E-state index < -0.39 is 0 Å². The SMILES string of the molecule is CCCc1ccc(NC(=O)c2cc3c(s2)CCCC3)cc1. The van der Waals surface area contributed by atoms with Crippen molar-refractivity contribution in [2.24, 2.45) is 0 Å². The minimum Gasteiger partial charge on any atom is -0.321 e. The van der Waals surface area contributed by atoms with Crippen molar-refractivity contribution in [3.8, 4) is 0 Å². The number of carbonyl (C=O) groups excluding carboxylic acids is 1. The summed E-state index contributed by atoms with van der Waals surface area (Å²) in [4.78, 5) is 14.6. The number of hydrogen-bond donors (Lipinski definition) is 1. The van der Waals surface area contributed by atoms with Gasteiger partial charge >= 0.3 is 0 Å². The standard InChI is InChI=1S/C18H21NOS/c1-2-5-13-8-10-15(11-9-13)19-18(20)17-12-14-6-3-4-7-16(14)21-17/h8-12H,2-7H2,1H3,(H,19,20). The third-order valence-electron chi connectivity index (χ3n) is 3.97. The van der Waals surface area contributed by atoms with E-state index >= 15 is 0 Å². The molecule has 1 aliphatic rings. The van der Waals surface area contributed by atoms with Crippen LogP contribution >= 0.6 is 11.3 Å². The van der Waals surface area contributed by atoms with Crippen LogP contribution < -0.4 is 5.32 Å². The minimum atomic E-state index is 0.0256. The average Bonchev–Trinajstić information content (AvgIpc) is 2.94. The minimum absolute atomic E-state index is 0.0256. The van der Waals surface area contributed by atoms with Gasteiger partial charge in [0.1, 0.15) is 0 Å². The lowest BCUT2D eigenvalue weighted by molar-refractivity contribution is 0.103. The van der Waals surface area contributed by atoms with Crippen LogP contribution in [0.15, 0.2) is 30.3 Å². The third-order valence-corrected chi connectivity index (χ3v) is 5.21. The average molecular weight is 299 g/mol. The van der Waals surface area contributed by atoms with Crippen LogP contribution in [0.5, 0.6) is 0 Å². The molecular weight excluding hydrogens is 278 g/mol. The Kier molecular flexibility index (Phi) is 4.39. The highest BCUT2D eigenvalue weighted by atomic mass is 32.1. The zero-order valence-corrected chi connectivity index (χ0v) is 13.3. The van der Waals surface area contributed by atoms with E-state index in [0.29, 0.717) is 0 Å². The predicted molar refractivity (Wildman–Crippen MR) is 89.4 cm³/mol. The molecule has 0 bridgehead atoms. The molecule has 1 N–H and O–H groups in total. The Balaban J connectivity index is 1.69. The highest BCUT2D eigenvalue weighted by Gasteiger charge is 2.17. The summed E-state index contributed by atoms with van der Waals surface area (Å²) in [5.74, 6) is 0.0256. The molecule has 0 unspecified atom stereocenters. The highest BCUT2D eigenvalue weighted by molar-refractivity contribution is 7.14. The number of benzene rings is 1. The number of aryl methyl sites for hydroxylation is 3. The van der Waals surface area contributed by atoms with E-state index in [4.69, 9.17) is 0 Å². The summed E-state index contributed by atoms with van der Waals surface area (Å²) in [5.41, 5.74) is 3.59. The third kappa shape index (κ3) is 3.35. The monoisotopic (exact) mass is 299 g/mol.